The van der Waals surface area contributed by atoms with Gasteiger partial charge in [-0.25, -0.2) is 0 Å². The van der Waals surface area contributed by atoms with Crippen LogP contribution in [0.3, 0.4) is 0 Å². The largest absolute Gasteiger partial charge is 0.332 e. The first-order chi connectivity index (χ1) is 12.2. The Morgan fingerprint density at radius 3 is 2.72 bits per heavy atom. The average molecular weight is 335 g/mol. The van der Waals surface area contributed by atoms with Gasteiger partial charge in [0, 0.05) is 38.1 Å². The molecule has 1 amide bonds. The summed E-state index contributed by atoms with van der Waals surface area (Å²) in [6.07, 6.45) is 12.8. The van der Waals surface area contributed by atoms with Crippen molar-refractivity contribution in [1.82, 2.24) is 4.90 Å². The molecule has 1 aliphatic carbocycles. The molecule has 1 saturated carbocycles. The standard InChI is InChI=1S/C21H25N3O/c1-2-3-13-20(22-23-20)15-12-19(25)24-16-18-11-7-8-14-21(18,24)17-9-5-4-6-10-17/h1,4-6,9-10,18H,3,7-8,11-16H2. The zero-order chi connectivity index (χ0) is 17.3. The van der Waals surface area contributed by atoms with Crippen molar-refractivity contribution in [2.45, 2.75) is 62.6 Å². The maximum Gasteiger partial charge on any atom is 0.223 e. The fourth-order valence-electron chi connectivity index (χ4n) is 4.79. The molecule has 2 atom stereocenters. The van der Waals surface area contributed by atoms with Gasteiger partial charge in [0.1, 0.15) is 0 Å². The highest BCUT2D eigenvalue weighted by Crippen LogP contribution is 2.54. The Balaban J connectivity index is 1.46. The maximum atomic E-state index is 13.0. The Morgan fingerprint density at radius 2 is 2.04 bits per heavy atom. The molecule has 0 radical (unpaired) electrons. The topological polar surface area (TPSA) is 45.0 Å². The molecule has 2 aliphatic heterocycles. The molecular formula is C21H25N3O. The summed E-state index contributed by atoms with van der Waals surface area (Å²) in [4.78, 5) is 15.2. The van der Waals surface area contributed by atoms with Crippen molar-refractivity contribution in [3.8, 4) is 12.3 Å². The second-order valence-electron chi connectivity index (χ2n) is 7.62. The Kier molecular flexibility index (Phi) is 4.11. The summed E-state index contributed by atoms with van der Waals surface area (Å²) in [6, 6.07) is 10.6. The van der Waals surface area contributed by atoms with Crippen molar-refractivity contribution in [2.75, 3.05) is 6.54 Å². The van der Waals surface area contributed by atoms with Crippen molar-refractivity contribution >= 4 is 5.91 Å². The molecule has 0 bridgehead atoms. The molecule has 130 valence electrons. The van der Waals surface area contributed by atoms with E-state index in [1.807, 2.05) is 6.07 Å². The maximum absolute atomic E-state index is 13.0. The SMILES string of the molecule is C#CCCC1(CCC(=O)N2CC3CCCCC32c2ccccc2)N=N1. The number of amides is 1. The number of benzene rings is 1. The van der Waals surface area contributed by atoms with Crippen molar-refractivity contribution in [3.63, 3.8) is 0 Å². The highest BCUT2D eigenvalue weighted by atomic mass is 16.2. The number of carbonyl (C=O) groups is 1. The molecule has 2 fully saturated rings. The van der Waals surface area contributed by atoms with Crippen molar-refractivity contribution in [3.05, 3.63) is 35.9 Å². The third kappa shape index (κ3) is 2.76. The van der Waals surface area contributed by atoms with Gasteiger partial charge in [-0.05, 0) is 18.4 Å². The molecule has 1 aromatic rings. The number of nitrogens with zero attached hydrogens (tertiary/aromatic N) is 3. The van der Waals surface area contributed by atoms with Gasteiger partial charge in [-0.15, -0.1) is 12.3 Å². The van der Waals surface area contributed by atoms with E-state index in [4.69, 9.17) is 6.42 Å². The van der Waals surface area contributed by atoms with Crippen LogP contribution in [-0.2, 0) is 10.3 Å². The number of hydrogen-bond acceptors (Lipinski definition) is 3. The molecule has 0 aromatic heterocycles. The highest BCUT2D eigenvalue weighted by molar-refractivity contribution is 5.79. The smallest absolute Gasteiger partial charge is 0.223 e. The first-order valence-corrected chi connectivity index (χ1v) is 9.44. The fourth-order valence-corrected chi connectivity index (χ4v) is 4.79. The van der Waals surface area contributed by atoms with Gasteiger partial charge in [0.25, 0.3) is 0 Å². The zero-order valence-electron chi connectivity index (χ0n) is 14.7. The quantitative estimate of drug-likeness (QED) is 0.716. The highest BCUT2D eigenvalue weighted by Gasteiger charge is 2.57. The van der Waals surface area contributed by atoms with Gasteiger partial charge in [-0.3, -0.25) is 4.79 Å². The number of likely N-dealkylation sites (tertiary alicyclic amines) is 1. The second-order valence-corrected chi connectivity index (χ2v) is 7.62. The van der Waals surface area contributed by atoms with Gasteiger partial charge in [-0.2, -0.15) is 10.2 Å². The summed E-state index contributed by atoms with van der Waals surface area (Å²) in [5, 5.41) is 8.32. The van der Waals surface area contributed by atoms with E-state index in [0.29, 0.717) is 25.2 Å². The third-order valence-corrected chi connectivity index (χ3v) is 6.29. The van der Waals surface area contributed by atoms with Crippen LogP contribution in [0, 0.1) is 18.3 Å². The van der Waals surface area contributed by atoms with E-state index in [-0.39, 0.29) is 17.1 Å². The van der Waals surface area contributed by atoms with Crippen LogP contribution < -0.4 is 0 Å². The molecule has 4 rings (SSSR count). The Labute approximate surface area is 149 Å². The number of fused-ring (bicyclic) bond motifs is 1. The molecule has 25 heavy (non-hydrogen) atoms. The molecule has 1 aromatic carbocycles. The minimum Gasteiger partial charge on any atom is -0.332 e. The lowest BCUT2D eigenvalue weighted by molar-refractivity contribution is -0.167. The summed E-state index contributed by atoms with van der Waals surface area (Å²) in [5.41, 5.74) is 0.876. The van der Waals surface area contributed by atoms with E-state index in [9.17, 15) is 4.79 Å². The van der Waals surface area contributed by atoms with Gasteiger partial charge in [-0.1, -0.05) is 43.2 Å². The van der Waals surface area contributed by atoms with E-state index in [0.717, 1.165) is 19.4 Å². The van der Waals surface area contributed by atoms with E-state index in [1.54, 1.807) is 0 Å². The van der Waals surface area contributed by atoms with Crippen molar-refractivity contribution < 1.29 is 4.79 Å². The van der Waals surface area contributed by atoms with Gasteiger partial charge in [0.2, 0.25) is 5.91 Å². The minimum atomic E-state index is -0.362. The fraction of sp³-hybridized carbons (Fsp3) is 0.571. The molecule has 4 heteroatoms. The van der Waals surface area contributed by atoms with Gasteiger partial charge >= 0.3 is 0 Å². The summed E-state index contributed by atoms with van der Waals surface area (Å²) >= 11 is 0. The van der Waals surface area contributed by atoms with Crippen LogP contribution in [0.25, 0.3) is 0 Å². The van der Waals surface area contributed by atoms with E-state index in [2.05, 4.69) is 45.3 Å². The molecule has 1 saturated heterocycles. The monoisotopic (exact) mass is 335 g/mol. The summed E-state index contributed by atoms with van der Waals surface area (Å²) in [6.45, 7) is 0.902. The minimum absolute atomic E-state index is 0.0690. The molecule has 3 aliphatic rings. The first-order valence-electron chi connectivity index (χ1n) is 9.44. The van der Waals surface area contributed by atoms with Gasteiger partial charge in [0.05, 0.1) is 5.54 Å². The molecule has 2 unspecified atom stereocenters. The molecule has 2 heterocycles. The number of rotatable bonds is 6. The predicted molar refractivity (Wildman–Crippen MR) is 96.7 cm³/mol. The molecule has 4 nitrogen and oxygen atoms in total. The summed E-state index contributed by atoms with van der Waals surface area (Å²) in [7, 11) is 0. The molecular weight excluding hydrogens is 310 g/mol. The lowest BCUT2D eigenvalue weighted by atomic mass is 9.61. The number of hydrogen-bond donors (Lipinski definition) is 0. The summed E-state index contributed by atoms with van der Waals surface area (Å²) < 4.78 is 0. The van der Waals surface area contributed by atoms with Crippen LogP contribution in [-0.4, -0.2) is 23.0 Å². The van der Waals surface area contributed by atoms with Crippen LogP contribution in [0.5, 0.6) is 0 Å². The van der Waals surface area contributed by atoms with Gasteiger partial charge < -0.3 is 4.90 Å². The van der Waals surface area contributed by atoms with E-state index >= 15 is 0 Å². The lowest BCUT2D eigenvalue weighted by Crippen LogP contribution is -2.67. The number of carbonyl (C=O) groups excluding carboxylic acids is 1. The van der Waals surface area contributed by atoms with Crippen LogP contribution in [0.15, 0.2) is 40.6 Å². The average Bonchev–Trinajstić information content (AvgIpc) is 3.40. The van der Waals surface area contributed by atoms with Crippen LogP contribution in [0.2, 0.25) is 0 Å². The van der Waals surface area contributed by atoms with Gasteiger partial charge in [0.15, 0.2) is 5.66 Å². The summed E-state index contributed by atoms with van der Waals surface area (Å²) in [5.74, 6) is 3.50. The van der Waals surface area contributed by atoms with E-state index in [1.165, 1.54) is 24.8 Å². The third-order valence-electron chi connectivity index (χ3n) is 6.29. The van der Waals surface area contributed by atoms with Crippen molar-refractivity contribution in [1.29, 1.82) is 0 Å². The first kappa shape index (κ1) is 16.3. The van der Waals surface area contributed by atoms with E-state index < -0.39 is 0 Å². The Morgan fingerprint density at radius 1 is 1.24 bits per heavy atom. The zero-order valence-corrected chi connectivity index (χ0v) is 14.7. The molecule has 0 N–H and O–H groups in total. The van der Waals surface area contributed by atoms with Crippen molar-refractivity contribution in [2.24, 2.45) is 16.1 Å². The normalized spacial score (nSPS) is 28.6. The van der Waals surface area contributed by atoms with Crippen LogP contribution >= 0.6 is 0 Å². The Bertz CT molecular complexity index is 714. The second kappa shape index (κ2) is 6.29. The lowest BCUT2D eigenvalue weighted by Gasteiger charge is -2.61. The Hall–Kier alpha value is -2.15. The predicted octanol–water partition coefficient (Wildman–Crippen LogP) is 4.27. The molecule has 0 spiro atoms. The number of terminal acetylenes is 1. The van der Waals surface area contributed by atoms with Crippen LogP contribution in [0.4, 0.5) is 0 Å². The van der Waals surface area contributed by atoms with Crippen LogP contribution in [0.1, 0.15) is 56.9 Å².